The van der Waals surface area contributed by atoms with E-state index < -0.39 is 28.1 Å². The minimum absolute atomic E-state index is 0.0757. The van der Waals surface area contributed by atoms with Crippen LogP contribution in [0.4, 0.5) is 5.69 Å². The molecular weight excluding hydrogens is 318 g/mol. The molecule has 0 radical (unpaired) electrons. The Hall–Kier alpha value is -2.97. The highest BCUT2D eigenvalue weighted by Gasteiger charge is 2.27. The van der Waals surface area contributed by atoms with Crippen LogP contribution < -0.4 is 10.6 Å². The van der Waals surface area contributed by atoms with Crippen LogP contribution >= 0.6 is 0 Å². The summed E-state index contributed by atoms with van der Waals surface area (Å²) in [5.41, 5.74) is -0.688. The van der Waals surface area contributed by atoms with Gasteiger partial charge < -0.3 is 15.7 Å². The van der Waals surface area contributed by atoms with Crippen molar-refractivity contribution in [1.29, 1.82) is 0 Å². The van der Waals surface area contributed by atoms with Crippen LogP contribution in [0, 0.1) is 22.5 Å². The SMILES string of the molecule is Cc1cc(C(=O)NCC(=O)NCC(C)(C)C(=O)O)ccc1[N+](=O)[O-]. The van der Waals surface area contributed by atoms with Gasteiger partial charge in [-0.25, -0.2) is 0 Å². The molecule has 130 valence electrons. The summed E-state index contributed by atoms with van der Waals surface area (Å²) in [4.78, 5) is 44.7. The fraction of sp³-hybridized carbons (Fsp3) is 0.400. The van der Waals surface area contributed by atoms with Crippen LogP contribution in [0.15, 0.2) is 18.2 Å². The van der Waals surface area contributed by atoms with Gasteiger partial charge in [0.25, 0.3) is 11.6 Å². The normalized spacial score (nSPS) is 10.8. The van der Waals surface area contributed by atoms with E-state index in [1.165, 1.54) is 39.0 Å². The zero-order chi connectivity index (χ0) is 18.5. The molecule has 0 saturated carbocycles. The molecule has 9 nitrogen and oxygen atoms in total. The van der Waals surface area contributed by atoms with Crippen molar-refractivity contribution in [3.05, 3.63) is 39.4 Å². The summed E-state index contributed by atoms with van der Waals surface area (Å²) in [5, 5.41) is 24.5. The van der Waals surface area contributed by atoms with Gasteiger partial charge in [0.05, 0.1) is 16.9 Å². The first-order chi connectivity index (χ1) is 11.0. The maximum atomic E-state index is 11.9. The summed E-state index contributed by atoms with van der Waals surface area (Å²) in [5.74, 6) is -2.13. The standard InChI is InChI=1S/C15H19N3O6/c1-9-6-10(4-5-11(9)18(23)24)13(20)16-7-12(19)17-8-15(2,3)14(21)22/h4-6H,7-8H2,1-3H3,(H,16,20)(H,17,19)(H,21,22). The quantitative estimate of drug-likeness (QED) is 0.498. The van der Waals surface area contributed by atoms with Crippen LogP contribution in [0.1, 0.15) is 29.8 Å². The number of rotatable bonds is 7. The molecule has 0 unspecified atom stereocenters. The molecule has 9 heteroatoms. The van der Waals surface area contributed by atoms with E-state index in [0.29, 0.717) is 5.56 Å². The third-order valence-corrected chi connectivity index (χ3v) is 3.37. The van der Waals surface area contributed by atoms with E-state index in [1.54, 1.807) is 0 Å². The second-order valence-electron chi connectivity index (χ2n) is 5.91. The Labute approximate surface area is 138 Å². The highest BCUT2D eigenvalue weighted by atomic mass is 16.6. The molecular formula is C15H19N3O6. The number of nitrogens with zero attached hydrogens (tertiary/aromatic N) is 1. The molecule has 0 aliphatic carbocycles. The van der Waals surface area contributed by atoms with Gasteiger partial charge in [-0.15, -0.1) is 0 Å². The first-order valence-electron chi connectivity index (χ1n) is 7.08. The molecule has 24 heavy (non-hydrogen) atoms. The van der Waals surface area contributed by atoms with Crippen molar-refractivity contribution in [2.75, 3.05) is 13.1 Å². The number of hydrogen-bond acceptors (Lipinski definition) is 5. The van der Waals surface area contributed by atoms with Crippen molar-refractivity contribution in [3.8, 4) is 0 Å². The number of carboxylic acid groups (broad SMARTS) is 1. The van der Waals surface area contributed by atoms with Crippen molar-refractivity contribution >= 4 is 23.5 Å². The van der Waals surface area contributed by atoms with Crippen LogP contribution in [0.25, 0.3) is 0 Å². The first-order valence-corrected chi connectivity index (χ1v) is 7.08. The number of amides is 2. The van der Waals surface area contributed by atoms with Crippen LogP contribution in [0.5, 0.6) is 0 Å². The summed E-state index contributed by atoms with van der Waals surface area (Å²) in [6, 6.07) is 3.88. The molecule has 1 aromatic rings. The molecule has 3 N–H and O–H groups in total. The van der Waals surface area contributed by atoms with Gasteiger partial charge >= 0.3 is 5.97 Å². The smallest absolute Gasteiger partial charge is 0.310 e. The third-order valence-electron chi connectivity index (χ3n) is 3.37. The van der Waals surface area contributed by atoms with Crippen LogP contribution in [0.3, 0.4) is 0 Å². The predicted molar refractivity (Wildman–Crippen MR) is 84.6 cm³/mol. The highest BCUT2D eigenvalue weighted by Crippen LogP contribution is 2.18. The first kappa shape index (κ1) is 19.1. The summed E-state index contributed by atoms with van der Waals surface area (Å²) >= 11 is 0. The number of carbonyl (C=O) groups is 3. The number of aliphatic carboxylic acids is 1. The lowest BCUT2D eigenvalue weighted by molar-refractivity contribution is -0.385. The third kappa shape index (κ3) is 5.04. The van der Waals surface area contributed by atoms with Crippen molar-refractivity contribution in [3.63, 3.8) is 0 Å². The fourth-order valence-corrected chi connectivity index (χ4v) is 1.72. The molecule has 0 aromatic heterocycles. The topological polar surface area (TPSA) is 139 Å². The average Bonchev–Trinajstić information content (AvgIpc) is 2.49. The fourth-order valence-electron chi connectivity index (χ4n) is 1.72. The number of carbonyl (C=O) groups excluding carboxylic acids is 2. The summed E-state index contributed by atoms with van der Waals surface area (Å²) in [7, 11) is 0. The Kier molecular flexibility index (Phi) is 5.99. The predicted octanol–water partition coefficient (Wildman–Crippen LogP) is 0.860. The lowest BCUT2D eigenvalue weighted by Gasteiger charge is -2.19. The highest BCUT2D eigenvalue weighted by molar-refractivity contribution is 5.96. The van der Waals surface area contributed by atoms with E-state index in [1.807, 2.05) is 0 Å². The number of benzene rings is 1. The number of aryl methyl sites for hydroxylation is 1. The van der Waals surface area contributed by atoms with E-state index in [0.717, 1.165) is 0 Å². The molecule has 0 atom stereocenters. The number of nitrogens with one attached hydrogen (secondary N) is 2. The van der Waals surface area contributed by atoms with E-state index in [4.69, 9.17) is 5.11 Å². The van der Waals surface area contributed by atoms with Gasteiger partial charge in [-0.3, -0.25) is 24.5 Å². The van der Waals surface area contributed by atoms with Gasteiger partial charge in [0.15, 0.2) is 0 Å². The number of nitro groups is 1. The molecule has 0 saturated heterocycles. The number of carboxylic acids is 1. The van der Waals surface area contributed by atoms with E-state index >= 15 is 0 Å². The molecule has 0 aliphatic heterocycles. The van der Waals surface area contributed by atoms with E-state index in [-0.39, 0.29) is 24.3 Å². The van der Waals surface area contributed by atoms with Gasteiger partial charge in [0, 0.05) is 23.7 Å². The molecule has 2 amide bonds. The summed E-state index contributed by atoms with van der Waals surface area (Å²) in [6.45, 7) is 4.04. The van der Waals surface area contributed by atoms with E-state index in [9.17, 15) is 24.5 Å². The monoisotopic (exact) mass is 337 g/mol. The minimum atomic E-state index is -1.12. The van der Waals surface area contributed by atoms with Crippen molar-refractivity contribution in [2.45, 2.75) is 20.8 Å². The van der Waals surface area contributed by atoms with Crippen molar-refractivity contribution < 1.29 is 24.4 Å². The van der Waals surface area contributed by atoms with Gasteiger partial charge in [-0.2, -0.15) is 0 Å². The zero-order valence-electron chi connectivity index (χ0n) is 13.6. The molecule has 0 heterocycles. The Morgan fingerprint density at radius 1 is 1.25 bits per heavy atom. The largest absolute Gasteiger partial charge is 0.481 e. The minimum Gasteiger partial charge on any atom is -0.481 e. The zero-order valence-corrected chi connectivity index (χ0v) is 13.6. The van der Waals surface area contributed by atoms with Crippen LogP contribution in [-0.2, 0) is 9.59 Å². The van der Waals surface area contributed by atoms with Crippen molar-refractivity contribution in [1.82, 2.24) is 10.6 Å². The van der Waals surface area contributed by atoms with Gasteiger partial charge in [0.1, 0.15) is 0 Å². The Morgan fingerprint density at radius 3 is 2.38 bits per heavy atom. The Bertz CT molecular complexity index is 684. The maximum Gasteiger partial charge on any atom is 0.310 e. The molecule has 0 aliphatic rings. The molecule has 1 aromatic carbocycles. The van der Waals surface area contributed by atoms with Crippen LogP contribution in [-0.4, -0.2) is 40.9 Å². The lowest BCUT2D eigenvalue weighted by Crippen LogP contribution is -2.43. The van der Waals surface area contributed by atoms with Gasteiger partial charge in [0.2, 0.25) is 5.91 Å². The Morgan fingerprint density at radius 2 is 1.88 bits per heavy atom. The second-order valence-corrected chi connectivity index (χ2v) is 5.91. The van der Waals surface area contributed by atoms with Gasteiger partial charge in [-0.05, 0) is 32.9 Å². The second kappa shape index (κ2) is 7.53. The van der Waals surface area contributed by atoms with E-state index in [2.05, 4.69) is 10.6 Å². The lowest BCUT2D eigenvalue weighted by atomic mass is 9.94. The number of nitro benzene ring substituents is 1. The molecule has 0 bridgehead atoms. The van der Waals surface area contributed by atoms with Crippen LogP contribution in [0.2, 0.25) is 0 Å². The number of hydrogen-bond donors (Lipinski definition) is 3. The summed E-state index contributed by atoms with van der Waals surface area (Å²) in [6.07, 6.45) is 0. The Balaban J connectivity index is 2.57. The molecule has 1 rings (SSSR count). The maximum absolute atomic E-state index is 11.9. The molecule has 0 spiro atoms. The average molecular weight is 337 g/mol. The van der Waals surface area contributed by atoms with Gasteiger partial charge in [-0.1, -0.05) is 0 Å². The van der Waals surface area contributed by atoms with Crippen molar-refractivity contribution in [2.24, 2.45) is 5.41 Å². The molecule has 0 fully saturated rings. The summed E-state index contributed by atoms with van der Waals surface area (Å²) < 4.78 is 0.